The van der Waals surface area contributed by atoms with Crippen molar-refractivity contribution in [2.24, 2.45) is 28.5 Å². The van der Waals surface area contributed by atoms with Gasteiger partial charge in [0.05, 0.1) is 22.0 Å². The second kappa shape index (κ2) is 28.4. The smallest absolute Gasteiger partial charge is 0.417 e. The van der Waals surface area contributed by atoms with Crippen LogP contribution < -0.4 is 48.5 Å². The third-order valence-corrected chi connectivity index (χ3v) is 15.4. The number of hydrogen-bond donors (Lipinski definition) is 10. The average Bonchev–Trinajstić information content (AvgIpc) is 3.84. The summed E-state index contributed by atoms with van der Waals surface area (Å²) in [6.07, 6.45) is -1.31. The number of rotatable bonds is 25. The lowest BCUT2D eigenvalue weighted by molar-refractivity contribution is -0.141. The molecule has 0 aliphatic carbocycles. The number of unbranched alkanes of at least 4 members (excludes halogenated alkanes) is 1. The quantitative estimate of drug-likeness (QED) is 0.0532. The van der Waals surface area contributed by atoms with Gasteiger partial charge in [-0.15, -0.1) is 0 Å². The molecule has 5 rings (SSSR count). The van der Waals surface area contributed by atoms with Crippen molar-refractivity contribution in [1.29, 1.82) is 0 Å². The summed E-state index contributed by atoms with van der Waals surface area (Å²) in [5, 5.41) is 22.0. The Kier molecular flexibility index (Phi) is 22.7. The molecule has 3 heterocycles. The monoisotopic (exact) mass is 1180 g/mol. The minimum atomic E-state index is -5.03. The highest BCUT2D eigenvalue weighted by molar-refractivity contribution is 7.89. The zero-order chi connectivity index (χ0) is 60.0. The van der Waals surface area contributed by atoms with Gasteiger partial charge in [-0.25, -0.2) is 8.42 Å². The van der Waals surface area contributed by atoms with E-state index in [2.05, 4.69) is 31.6 Å². The van der Waals surface area contributed by atoms with E-state index in [1.807, 2.05) is 0 Å². The van der Waals surface area contributed by atoms with E-state index in [-0.39, 0.29) is 61.6 Å². The van der Waals surface area contributed by atoms with E-state index in [1.54, 1.807) is 42.5 Å². The van der Waals surface area contributed by atoms with Gasteiger partial charge in [0.15, 0.2) is 0 Å². The molecule has 2 fully saturated rings. The molecule has 0 bridgehead atoms. The Morgan fingerprint density at radius 2 is 1.49 bits per heavy atom. The lowest BCUT2D eigenvalue weighted by Gasteiger charge is -2.33. The average molecular weight is 1180 g/mol. The van der Waals surface area contributed by atoms with Gasteiger partial charge in [0.2, 0.25) is 51.4 Å². The minimum absolute atomic E-state index is 0.114. The first-order chi connectivity index (χ1) is 38.0. The van der Waals surface area contributed by atoms with E-state index in [4.69, 9.17) is 28.8 Å². The fourth-order valence-corrected chi connectivity index (χ4v) is 10.6. The molecular formula is C52H68ClF3N12O12S. The lowest BCUT2D eigenvalue weighted by Crippen LogP contribution is -2.57. The van der Waals surface area contributed by atoms with E-state index in [0.29, 0.717) is 50.3 Å². The molecule has 13 N–H and O–H groups in total. The van der Waals surface area contributed by atoms with Gasteiger partial charge in [-0.3, -0.25) is 48.1 Å². The molecule has 442 valence electrons. The number of aromatic nitrogens is 1. The van der Waals surface area contributed by atoms with Crippen molar-refractivity contribution in [3.05, 3.63) is 88.7 Å². The van der Waals surface area contributed by atoms with Crippen LogP contribution in [0.3, 0.4) is 0 Å². The van der Waals surface area contributed by atoms with Gasteiger partial charge < -0.3 is 58.7 Å². The summed E-state index contributed by atoms with van der Waals surface area (Å²) in [4.78, 5) is 125. The fourth-order valence-electron chi connectivity index (χ4n) is 9.11. The molecule has 24 nitrogen and oxygen atoms in total. The number of halogens is 4. The number of hydrogen-bond acceptors (Lipinski definition) is 14. The number of piperidine rings is 1. The van der Waals surface area contributed by atoms with Gasteiger partial charge in [0.1, 0.15) is 30.2 Å². The first kappa shape index (κ1) is 64.5. The van der Waals surface area contributed by atoms with Crippen molar-refractivity contribution in [3.63, 3.8) is 0 Å². The second-order valence-corrected chi connectivity index (χ2v) is 23.0. The van der Waals surface area contributed by atoms with Crippen LogP contribution in [0.1, 0.15) is 93.6 Å². The zero-order valence-electron chi connectivity index (χ0n) is 44.7. The first-order valence-corrected chi connectivity index (χ1v) is 27.8. The number of nitrogens with one attached hydrogen (secondary N) is 6. The third-order valence-electron chi connectivity index (χ3n) is 13.6. The van der Waals surface area contributed by atoms with E-state index < -0.39 is 140 Å². The molecule has 0 radical (unpaired) electrons. The Hall–Kier alpha value is -7.27. The maximum Gasteiger partial charge on any atom is 0.417 e. The Balaban J connectivity index is 1.15. The van der Waals surface area contributed by atoms with Crippen molar-refractivity contribution in [3.8, 4) is 0 Å². The summed E-state index contributed by atoms with van der Waals surface area (Å²) >= 11 is 5.58. The molecule has 29 heteroatoms. The van der Waals surface area contributed by atoms with Gasteiger partial charge in [-0.05, 0) is 117 Å². The molecule has 2 aliphatic rings. The topological polar surface area (TPSA) is 378 Å². The summed E-state index contributed by atoms with van der Waals surface area (Å²) in [6, 6.07) is 4.04. The van der Waals surface area contributed by atoms with E-state index in [1.165, 1.54) is 41.6 Å². The van der Waals surface area contributed by atoms with Crippen LogP contribution in [-0.4, -0.2) is 151 Å². The lowest BCUT2D eigenvalue weighted by atomic mass is 9.85. The number of likely N-dealkylation sites (tertiary alicyclic amines) is 2. The highest BCUT2D eigenvalue weighted by Gasteiger charge is 2.41. The zero-order valence-corrected chi connectivity index (χ0v) is 46.3. The van der Waals surface area contributed by atoms with Crippen LogP contribution in [0.5, 0.6) is 0 Å². The van der Waals surface area contributed by atoms with Gasteiger partial charge in [0, 0.05) is 68.1 Å². The van der Waals surface area contributed by atoms with Crippen molar-refractivity contribution >= 4 is 80.5 Å². The van der Waals surface area contributed by atoms with Crippen LogP contribution in [-0.2, 0) is 61.0 Å². The van der Waals surface area contributed by atoms with Gasteiger partial charge in [0.25, 0.3) is 5.91 Å². The number of carboxylic acids is 1. The summed E-state index contributed by atoms with van der Waals surface area (Å²) in [5.74, 6) is -7.35. The number of anilines is 1. The van der Waals surface area contributed by atoms with E-state index >= 15 is 0 Å². The number of carbonyl (C=O) groups excluding carboxylic acids is 8. The Morgan fingerprint density at radius 3 is 2.09 bits per heavy atom. The number of nitrogens with two attached hydrogens (primary N) is 3. The number of pyridine rings is 1. The SMILES string of the molecule is CC(C)(C)[C@H](NC(=O)[C@H](Cc1ccncc1)NC(=O)CNC(=O)CC[C@H](NS(=O)(=O)c1ccc(Cl)c(C(F)(F)F)c1)C(=O)O)C(=O)Nc1ccc(C(=O)N2CCC(C(=O)N[C@H](CCCCN)C(=O)N3C[C@@H](N)C[C@H]3C(N)=O)CC2)cc1. The Bertz CT molecular complexity index is 2890. The van der Waals surface area contributed by atoms with Gasteiger partial charge in [-0.1, -0.05) is 32.4 Å². The number of alkyl halides is 3. The number of carboxylic acid groups (broad SMARTS) is 1. The summed E-state index contributed by atoms with van der Waals surface area (Å²) in [5.41, 5.74) is 16.0. The van der Waals surface area contributed by atoms with Crippen molar-refractivity contribution in [2.45, 2.75) is 126 Å². The largest absolute Gasteiger partial charge is 0.480 e. The van der Waals surface area contributed by atoms with Crippen molar-refractivity contribution in [2.75, 3.05) is 38.0 Å². The number of amides is 8. The number of nitrogens with zero attached hydrogens (tertiary/aromatic N) is 3. The number of aliphatic carboxylic acids is 1. The number of sulfonamides is 1. The molecule has 0 unspecified atom stereocenters. The molecular weight excluding hydrogens is 1110 g/mol. The molecule has 6 atom stereocenters. The third kappa shape index (κ3) is 18.6. The van der Waals surface area contributed by atoms with Crippen molar-refractivity contribution in [1.82, 2.24) is 40.8 Å². The maximum absolute atomic E-state index is 14.0. The summed E-state index contributed by atoms with van der Waals surface area (Å²) < 4.78 is 67.7. The molecule has 81 heavy (non-hydrogen) atoms. The molecule has 2 aliphatic heterocycles. The fraction of sp³-hybridized carbons (Fsp3) is 0.500. The molecule has 0 saturated carbocycles. The minimum Gasteiger partial charge on any atom is -0.480 e. The Morgan fingerprint density at radius 1 is 0.840 bits per heavy atom. The van der Waals surface area contributed by atoms with Crippen LogP contribution in [0.4, 0.5) is 18.9 Å². The van der Waals surface area contributed by atoms with Gasteiger partial charge >= 0.3 is 12.1 Å². The maximum atomic E-state index is 14.0. The van der Waals surface area contributed by atoms with Crippen LogP contribution in [0.2, 0.25) is 5.02 Å². The molecule has 3 aromatic rings. The first-order valence-electron chi connectivity index (χ1n) is 25.9. The molecule has 8 amide bonds. The Labute approximate surface area is 470 Å². The van der Waals surface area contributed by atoms with E-state index in [9.17, 15) is 69.8 Å². The van der Waals surface area contributed by atoms with Crippen LogP contribution in [0.15, 0.2) is 71.9 Å². The second-order valence-electron chi connectivity index (χ2n) is 20.8. The number of carbonyl (C=O) groups is 9. The predicted molar refractivity (Wildman–Crippen MR) is 288 cm³/mol. The molecule has 2 aromatic carbocycles. The van der Waals surface area contributed by atoms with E-state index in [0.717, 1.165) is 6.07 Å². The number of benzene rings is 2. The highest BCUT2D eigenvalue weighted by atomic mass is 35.5. The van der Waals surface area contributed by atoms with Gasteiger partial charge in [-0.2, -0.15) is 17.9 Å². The summed E-state index contributed by atoms with van der Waals surface area (Å²) in [6.45, 7) is 5.29. The molecule has 1 aromatic heterocycles. The number of primary amides is 1. The standard InChI is InChI=1S/C52H68ClF3N12O12S/c1-51(2,3)43(47(74)62-33-9-7-31(8-10-33)48(75)67-22-17-30(18-23-67)45(72)64-37(6-4-5-19-57)49(76)68-28-32(58)25-40(68)44(59)71)65-46(73)39(24-29-15-20-60-21-16-29)63-42(70)27-61-41(69)14-13-38(50(77)78)66-81(79,80)34-11-12-36(53)35(26-34)52(54,55)56/h7-12,15-16,20-21,26,30,32,37-40,43,66H,4-6,13-14,17-19,22-25,27-28,57-58H2,1-3H3,(H2,59,71)(H,61,69)(H,62,74)(H,63,70)(H,64,72)(H,65,73)(H,77,78)/t32-,37+,38-,39-,40-,43+/m0/s1. The highest BCUT2D eigenvalue weighted by Crippen LogP contribution is 2.36. The predicted octanol–water partition coefficient (Wildman–Crippen LogP) is 1.16. The normalized spacial score (nSPS) is 17.4. The summed E-state index contributed by atoms with van der Waals surface area (Å²) in [7, 11) is -4.88. The molecule has 0 spiro atoms. The van der Waals surface area contributed by atoms with Crippen LogP contribution in [0, 0.1) is 11.3 Å². The molecule has 2 saturated heterocycles. The van der Waals surface area contributed by atoms with Crippen LogP contribution >= 0.6 is 11.6 Å². The van der Waals surface area contributed by atoms with Crippen molar-refractivity contribution < 1.29 is 69.8 Å². The van der Waals surface area contributed by atoms with Crippen LogP contribution in [0.25, 0.3) is 0 Å².